The molecule has 0 aliphatic carbocycles. The number of rotatable bonds is 8. The van der Waals surface area contributed by atoms with Gasteiger partial charge in [0, 0.05) is 19.0 Å². The number of carbonyl (C=O) groups is 1. The highest BCUT2D eigenvalue weighted by atomic mass is 28.3. The van der Waals surface area contributed by atoms with E-state index in [-0.39, 0.29) is 5.78 Å². The summed E-state index contributed by atoms with van der Waals surface area (Å²) in [5.41, 5.74) is 2.99. The molecule has 0 unspecified atom stereocenters. The Labute approximate surface area is 152 Å². The summed E-state index contributed by atoms with van der Waals surface area (Å²) in [7, 11) is 0.569. The minimum absolute atomic E-state index is 0.201. The molecule has 0 saturated heterocycles. The number of hydrogen-bond acceptors (Lipinski definition) is 3. The first-order valence-electron chi connectivity index (χ1n) is 8.83. The molecule has 2 rings (SSSR count). The van der Waals surface area contributed by atoms with Gasteiger partial charge in [0.25, 0.3) is 0 Å². The molecule has 132 valence electrons. The molecule has 0 atom stereocenters. The Morgan fingerprint density at radius 3 is 1.92 bits per heavy atom. The quantitative estimate of drug-likeness (QED) is 0.283. The lowest BCUT2D eigenvalue weighted by molar-refractivity contribution is 0.0981. The molecule has 0 bridgehead atoms. The lowest BCUT2D eigenvalue weighted by atomic mass is 10.0. The predicted octanol–water partition coefficient (Wildman–Crippen LogP) is 5.21. The van der Waals surface area contributed by atoms with Gasteiger partial charge >= 0.3 is 0 Å². The van der Waals surface area contributed by atoms with Crippen molar-refractivity contribution in [2.75, 3.05) is 7.05 Å². The van der Waals surface area contributed by atoms with Crippen molar-refractivity contribution in [2.24, 2.45) is 5.10 Å². The van der Waals surface area contributed by atoms with Crippen LogP contribution < -0.4 is 0 Å². The minimum Gasteiger partial charge on any atom is -0.327 e. The fourth-order valence-corrected chi connectivity index (χ4v) is 2.82. The van der Waals surface area contributed by atoms with E-state index in [0.717, 1.165) is 29.7 Å². The fourth-order valence-electron chi connectivity index (χ4n) is 2.40. The van der Waals surface area contributed by atoms with E-state index in [1.807, 2.05) is 48.5 Å². The molecule has 0 heterocycles. The summed E-state index contributed by atoms with van der Waals surface area (Å²) in [6.45, 7) is 6.83. The Hall–Kier alpha value is -2.20. The topological polar surface area (TPSA) is 32.7 Å². The minimum atomic E-state index is -1.49. The molecule has 0 spiro atoms. The van der Waals surface area contributed by atoms with E-state index in [1.54, 1.807) is 0 Å². The van der Waals surface area contributed by atoms with Crippen molar-refractivity contribution in [3.63, 3.8) is 0 Å². The Kier molecular flexibility index (Phi) is 6.71. The van der Waals surface area contributed by atoms with Crippen LogP contribution in [0.15, 0.2) is 65.8 Å². The lowest BCUT2D eigenvalue weighted by Crippen LogP contribution is -2.40. The van der Waals surface area contributed by atoms with Gasteiger partial charge in [-0.1, -0.05) is 80.3 Å². The highest BCUT2D eigenvalue weighted by Crippen LogP contribution is 2.14. The van der Waals surface area contributed by atoms with Crippen LogP contribution >= 0.6 is 0 Å². The van der Waals surface area contributed by atoms with Gasteiger partial charge in [-0.15, -0.1) is 0 Å². The smallest absolute Gasteiger partial charge is 0.168 e. The Morgan fingerprint density at radius 1 is 0.880 bits per heavy atom. The molecule has 2 aromatic carbocycles. The van der Waals surface area contributed by atoms with Gasteiger partial charge in [-0.05, 0) is 18.4 Å². The molecule has 0 saturated carbocycles. The highest BCUT2D eigenvalue weighted by molar-refractivity contribution is 6.73. The molecular weight excluding hydrogens is 324 g/mol. The number of Topliss-reactive ketones (excluding diaryl/α,β-unsaturated/α-hetero) is 1. The molecule has 0 radical (unpaired) electrons. The third-order valence-electron chi connectivity index (χ3n) is 4.26. The van der Waals surface area contributed by atoms with Crippen molar-refractivity contribution in [2.45, 2.75) is 38.9 Å². The Morgan fingerprint density at radius 2 is 1.40 bits per heavy atom. The Balaban J connectivity index is 2.07. The molecule has 3 nitrogen and oxygen atoms in total. The monoisotopic (exact) mass is 352 g/mol. The predicted molar refractivity (Wildman–Crippen MR) is 109 cm³/mol. The van der Waals surface area contributed by atoms with Crippen molar-refractivity contribution in [1.29, 1.82) is 0 Å². The maximum absolute atomic E-state index is 12.3. The van der Waals surface area contributed by atoms with E-state index in [0.29, 0.717) is 6.42 Å². The third kappa shape index (κ3) is 5.98. The number of carbonyl (C=O) groups excluding carboxylic acids is 1. The van der Waals surface area contributed by atoms with Crippen LogP contribution in [-0.4, -0.2) is 31.5 Å². The standard InChI is InChI=1S/C21H28N2OSi/c1-23(25(2,3)4)22-20(18-12-7-5-8-13-18)16-11-17-21(24)19-14-9-6-10-15-19/h5-10,12-15H,11,16-17H2,1-4H3. The average Bonchev–Trinajstić information content (AvgIpc) is 2.61. The summed E-state index contributed by atoms with van der Waals surface area (Å²) in [6.07, 6.45) is 2.16. The number of ketones is 1. The summed E-state index contributed by atoms with van der Waals surface area (Å²) in [5.74, 6) is 0.201. The van der Waals surface area contributed by atoms with Crippen molar-refractivity contribution < 1.29 is 4.79 Å². The largest absolute Gasteiger partial charge is 0.327 e. The van der Waals surface area contributed by atoms with Gasteiger partial charge in [-0.3, -0.25) is 4.79 Å². The van der Waals surface area contributed by atoms with Gasteiger partial charge in [0.05, 0.1) is 5.71 Å². The Bertz CT molecular complexity index is 706. The molecule has 0 aliphatic rings. The van der Waals surface area contributed by atoms with Gasteiger partial charge in [0.15, 0.2) is 14.0 Å². The van der Waals surface area contributed by atoms with Crippen molar-refractivity contribution in [1.82, 2.24) is 4.67 Å². The summed E-state index contributed by atoms with van der Waals surface area (Å²) in [5, 5.41) is 4.89. The van der Waals surface area contributed by atoms with E-state index in [4.69, 9.17) is 5.10 Å². The first-order chi connectivity index (χ1) is 11.9. The van der Waals surface area contributed by atoms with Crippen LogP contribution in [0.3, 0.4) is 0 Å². The maximum Gasteiger partial charge on any atom is 0.168 e. The zero-order valence-electron chi connectivity index (χ0n) is 15.7. The average molecular weight is 353 g/mol. The fraction of sp³-hybridized carbons (Fsp3) is 0.333. The van der Waals surface area contributed by atoms with E-state index >= 15 is 0 Å². The van der Waals surface area contributed by atoms with E-state index < -0.39 is 8.24 Å². The molecule has 2 aromatic rings. The molecule has 4 heteroatoms. The number of benzene rings is 2. The van der Waals surface area contributed by atoms with Crippen molar-refractivity contribution in [3.8, 4) is 0 Å². The van der Waals surface area contributed by atoms with E-state index in [1.165, 1.54) is 0 Å². The number of hydrogen-bond donors (Lipinski definition) is 0. The lowest BCUT2D eigenvalue weighted by Gasteiger charge is -2.28. The summed E-state index contributed by atoms with van der Waals surface area (Å²) >= 11 is 0. The molecule has 0 N–H and O–H groups in total. The summed E-state index contributed by atoms with van der Waals surface area (Å²) < 4.78 is 2.13. The second kappa shape index (κ2) is 8.76. The number of nitrogens with zero attached hydrogens (tertiary/aromatic N) is 2. The first-order valence-corrected chi connectivity index (χ1v) is 12.3. The van der Waals surface area contributed by atoms with Gasteiger partial charge in [-0.2, -0.15) is 5.10 Å². The molecule has 25 heavy (non-hydrogen) atoms. The van der Waals surface area contributed by atoms with E-state index in [9.17, 15) is 4.79 Å². The van der Waals surface area contributed by atoms with Crippen LogP contribution in [0.25, 0.3) is 0 Å². The van der Waals surface area contributed by atoms with Gasteiger partial charge in [0.2, 0.25) is 0 Å². The molecule has 0 aromatic heterocycles. The summed E-state index contributed by atoms with van der Waals surface area (Å²) in [6, 6.07) is 19.8. The third-order valence-corrected chi connectivity index (χ3v) is 6.30. The van der Waals surface area contributed by atoms with Gasteiger partial charge in [-0.25, -0.2) is 0 Å². The normalized spacial score (nSPS) is 12.1. The van der Waals surface area contributed by atoms with Crippen molar-refractivity contribution >= 4 is 19.7 Å². The molecule has 0 amide bonds. The van der Waals surface area contributed by atoms with Gasteiger partial charge in [0.1, 0.15) is 0 Å². The van der Waals surface area contributed by atoms with Crippen LogP contribution in [0.5, 0.6) is 0 Å². The molecule has 0 fully saturated rings. The first kappa shape index (κ1) is 19.1. The van der Waals surface area contributed by atoms with Crippen molar-refractivity contribution in [3.05, 3.63) is 71.8 Å². The van der Waals surface area contributed by atoms with Gasteiger partial charge < -0.3 is 4.67 Å². The maximum atomic E-state index is 12.3. The second-order valence-electron chi connectivity index (χ2n) is 7.25. The van der Waals surface area contributed by atoms with Crippen LogP contribution in [-0.2, 0) is 0 Å². The van der Waals surface area contributed by atoms with Crippen LogP contribution in [0.1, 0.15) is 35.2 Å². The molecule has 0 aliphatic heterocycles. The molecular formula is C21H28N2OSi. The van der Waals surface area contributed by atoms with E-state index in [2.05, 4.69) is 43.5 Å². The second-order valence-corrected chi connectivity index (χ2v) is 12.2. The van der Waals surface area contributed by atoms with Crippen LogP contribution in [0.4, 0.5) is 0 Å². The zero-order chi connectivity index (χ0) is 18.3. The zero-order valence-corrected chi connectivity index (χ0v) is 16.7. The van der Waals surface area contributed by atoms with Crippen LogP contribution in [0.2, 0.25) is 19.6 Å². The van der Waals surface area contributed by atoms with Crippen LogP contribution in [0, 0.1) is 0 Å². The number of hydrazone groups is 1. The summed E-state index contributed by atoms with van der Waals surface area (Å²) in [4.78, 5) is 12.3. The highest BCUT2D eigenvalue weighted by Gasteiger charge is 2.20. The SMILES string of the molecule is CN(N=C(CCCC(=O)c1ccccc1)c1ccccc1)[Si](C)(C)C.